The summed E-state index contributed by atoms with van der Waals surface area (Å²) in [5, 5.41) is 3.85. The van der Waals surface area contributed by atoms with Crippen molar-refractivity contribution in [2.45, 2.75) is 32.2 Å². The summed E-state index contributed by atoms with van der Waals surface area (Å²) in [6.45, 7) is 4.29. The van der Waals surface area contributed by atoms with Crippen molar-refractivity contribution in [3.05, 3.63) is 28.2 Å². The van der Waals surface area contributed by atoms with Crippen molar-refractivity contribution >= 4 is 41.5 Å². The van der Waals surface area contributed by atoms with Crippen molar-refractivity contribution < 1.29 is 9.53 Å². The number of hydrogen-bond acceptors (Lipinski definition) is 3. The van der Waals surface area contributed by atoms with E-state index in [-0.39, 0.29) is 30.5 Å². The first kappa shape index (κ1) is 20.3. The molecule has 21 heavy (non-hydrogen) atoms. The number of nitrogens with one attached hydrogen (secondary N) is 1. The van der Waals surface area contributed by atoms with Crippen LogP contribution in [0.1, 0.15) is 26.7 Å². The maximum absolute atomic E-state index is 11.9. The van der Waals surface area contributed by atoms with E-state index in [1.54, 1.807) is 18.2 Å². The van der Waals surface area contributed by atoms with Crippen LogP contribution < -0.4 is 15.8 Å². The molecule has 0 radical (unpaired) electrons. The molecule has 1 rings (SSSR count). The molecule has 0 bridgehead atoms. The fourth-order valence-corrected chi connectivity index (χ4v) is 2.37. The Morgan fingerprint density at radius 1 is 1.24 bits per heavy atom. The molecule has 7 heteroatoms. The molecule has 0 aromatic heterocycles. The van der Waals surface area contributed by atoms with Gasteiger partial charge in [-0.1, -0.05) is 37.0 Å². The summed E-state index contributed by atoms with van der Waals surface area (Å²) in [6, 6.07) is 4.82. The van der Waals surface area contributed by atoms with Crippen LogP contribution in [0.2, 0.25) is 10.0 Å². The fraction of sp³-hybridized carbons (Fsp3) is 0.500. The minimum atomic E-state index is -0.369. The van der Waals surface area contributed by atoms with Crippen molar-refractivity contribution in [3.63, 3.8) is 0 Å². The Morgan fingerprint density at radius 3 is 2.19 bits per heavy atom. The maximum atomic E-state index is 11.9. The highest BCUT2D eigenvalue weighted by Gasteiger charge is 2.26. The first-order chi connectivity index (χ1) is 9.44. The predicted octanol–water partition coefficient (Wildman–Crippen LogP) is 3.43. The number of ether oxygens (including phenoxy) is 1. The third-order valence-corrected chi connectivity index (χ3v) is 3.79. The van der Waals surface area contributed by atoms with Crippen LogP contribution in [0.15, 0.2) is 18.2 Å². The van der Waals surface area contributed by atoms with Crippen LogP contribution in [-0.2, 0) is 4.79 Å². The van der Waals surface area contributed by atoms with Gasteiger partial charge in [-0.05, 0) is 31.0 Å². The number of hydrogen-bond donors (Lipinski definition) is 2. The third kappa shape index (κ3) is 6.30. The van der Waals surface area contributed by atoms with E-state index < -0.39 is 0 Å². The molecule has 0 atom stereocenters. The molecule has 0 spiro atoms. The zero-order valence-corrected chi connectivity index (χ0v) is 14.4. The molecule has 1 amide bonds. The second-order valence-electron chi connectivity index (χ2n) is 4.63. The van der Waals surface area contributed by atoms with Gasteiger partial charge in [0.15, 0.2) is 6.61 Å². The van der Waals surface area contributed by atoms with Gasteiger partial charge in [-0.2, -0.15) is 0 Å². The van der Waals surface area contributed by atoms with Crippen molar-refractivity contribution in [2.24, 2.45) is 5.73 Å². The number of carbonyl (C=O) groups is 1. The number of nitrogens with two attached hydrogens (primary N) is 1. The molecule has 0 unspecified atom stereocenters. The first-order valence-corrected chi connectivity index (χ1v) is 7.30. The Labute approximate surface area is 141 Å². The summed E-state index contributed by atoms with van der Waals surface area (Å²) in [4.78, 5) is 11.9. The molecular weight excluding hydrogens is 335 g/mol. The van der Waals surface area contributed by atoms with Gasteiger partial charge in [0.2, 0.25) is 0 Å². The van der Waals surface area contributed by atoms with E-state index in [0.717, 1.165) is 12.8 Å². The smallest absolute Gasteiger partial charge is 0.258 e. The lowest BCUT2D eigenvalue weighted by molar-refractivity contribution is -0.125. The average molecular weight is 356 g/mol. The second-order valence-corrected chi connectivity index (χ2v) is 5.51. The molecule has 0 saturated carbocycles. The van der Waals surface area contributed by atoms with Crippen molar-refractivity contribution in [2.75, 3.05) is 13.2 Å². The fourth-order valence-electron chi connectivity index (χ4n) is 1.86. The van der Waals surface area contributed by atoms with E-state index in [9.17, 15) is 4.79 Å². The molecule has 1 aromatic carbocycles. The Morgan fingerprint density at radius 2 is 1.76 bits per heavy atom. The van der Waals surface area contributed by atoms with Gasteiger partial charge < -0.3 is 15.8 Å². The zero-order valence-electron chi connectivity index (χ0n) is 12.1. The summed E-state index contributed by atoms with van der Waals surface area (Å²) >= 11 is 11.7. The minimum Gasteiger partial charge on any atom is -0.484 e. The van der Waals surface area contributed by atoms with Crippen LogP contribution in [0.25, 0.3) is 0 Å². The van der Waals surface area contributed by atoms with Gasteiger partial charge in [-0.25, -0.2) is 0 Å². The first-order valence-electron chi connectivity index (χ1n) is 6.54. The van der Waals surface area contributed by atoms with E-state index in [1.165, 1.54) is 0 Å². The van der Waals surface area contributed by atoms with E-state index in [2.05, 4.69) is 5.32 Å². The highest BCUT2D eigenvalue weighted by molar-refractivity contribution is 6.34. The number of halogens is 3. The number of amides is 1. The Bertz CT molecular complexity index is 437. The Hall–Kier alpha value is -0.680. The van der Waals surface area contributed by atoms with E-state index >= 15 is 0 Å². The third-order valence-electron chi connectivity index (χ3n) is 3.35. The normalized spacial score (nSPS) is 10.7. The minimum absolute atomic E-state index is 0. The second kappa shape index (κ2) is 9.36. The molecule has 4 nitrogen and oxygen atoms in total. The van der Waals surface area contributed by atoms with Crippen molar-refractivity contribution in [1.29, 1.82) is 0 Å². The summed E-state index contributed by atoms with van der Waals surface area (Å²) in [5.41, 5.74) is 5.37. The molecule has 0 fully saturated rings. The highest BCUT2D eigenvalue weighted by atomic mass is 35.5. The van der Waals surface area contributed by atoms with Gasteiger partial charge in [-0.15, -0.1) is 12.4 Å². The lowest BCUT2D eigenvalue weighted by atomic mass is 9.93. The molecule has 0 saturated heterocycles. The summed E-state index contributed by atoms with van der Waals surface area (Å²) < 4.78 is 5.39. The van der Waals surface area contributed by atoms with Crippen LogP contribution in [0, 0.1) is 0 Å². The van der Waals surface area contributed by atoms with Crippen molar-refractivity contribution in [3.8, 4) is 5.75 Å². The monoisotopic (exact) mass is 354 g/mol. The molecule has 0 heterocycles. The Kier molecular flexibility index (Phi) is 9.06. The zero-order chi connectivity index (χ0) is 15.2. The summed E-state index contributed by atoms with van der Waals surface area (Å²) in [7, 11) is 0. The molecule has 0 aliphatic heterocycles. The maximum Gasteiger partial charge on any atom is 0.258 e. The lowest BCUT2D eigenvalue weighted by Crippen LogP contribution is -2.54. The lowest BCUT2D eigenvalue weighted by Gasteiger charge is -2.31. The van der Waals surface area contributed by atoms with Gasteiger partial charge in [-0.3, -0.25) is 4.79 Å². The number of carbonyl (C=O) groups excluding carboxylic acids is 1. The molecule has 0 aliphatic carbocycles. The van der Waals surface area contributed by atoms with Crippen LogP contribution in [0.5, 0.6) is 5.75 Å². The van der Waals surface area contributed by atoms with Crippen LogP contribution in [-0.4, -0.2) is 24.6 Å². The van der Waals surface area contributed by atoms with Crippen LogP contribution >= 0.6 is 35.6 Å². The number of benzene rings is 1. The molecule has 3 N–H and O–H groups in total. The molecule has 0 aliphatic rings. The average Bonchev–Trinajstić information content (AvgIpc) is 2.42. The van der Waals surface area contributed by atoms with E-state index in [4.69, 9.17) is 33.7 Å². The van der Waals surface area contributed by atoms with Gasteiger partial charge in [0.25, 0.3) is 5.91 Å². The number of rotatable bonds is 7. The molecular formula is C14H21Cl3N2O2. The van der Waals surface area contributed by atoms with Crippen LogP contribution in [0.3, 0.4) is 0 Å². The largest absolute Gasteiger partial charge is 0.484 e. The summed E-state index contributed by atoms with van der Waals surface area (Å²) in [5.74, 6) is 0.249. The van der Waals surface area contributed by atoms with Crippen molar-refractivity contribution in [1.82, 2.24) is 5.32 Å². The predicted molar refractivity (Wildman–Crippen MR) is 89.7 cm³/mol. The van der Waals surface area contributed by atoms with E-state index in [1.807, 2.05) is 13.8 Å². The summed E-state index contributed by atoms with van der Waals surface area (Å²) in [6.07, 6.45) is 1.55. The standard InChI is InChI=1S/C14H20Cl2N2O2.ClH/c1-3-14(4-2,9-17)18-13(19)8-20-12-6-10(15)5-11(16)7-12;/h5-7H,3-4,8-9,17H2,1-2H3,(H,18,19);1H. The quantitative estimate of drug-likeness (QED) is 0.787. The van der Waals surface area contributed by atoms with Gasteiger partial charge in [0.05, 0.1) is 5.54 Å². The van der Waals surface area contributed by atoms with Gasteiger partial charge in [0.1, 0.15) is 5.75 Å². The molecule has 120 valence electrons. The van der Waals surface area contributed by atoms with Gasteiger partial charge >= 0.3 is 0 Å². The Balaban J connectivity index is 0.00000400. The van der Waals surface area contributed by atoms with Crippen LogP contribution in [0.4, 0.5) is 0 Å². The SMILES string of the molecule is CCC(CC)(CN)NC(=O)COc1cc(Cl)cc(Cl)c1.Cl. The molecule has 1 aromatic rings. The van der Waals surface area contributed by atoms with Gasteiger partial charge in [0, 0.05) is 16.6 Å². The van der Waals surface area contributed by atoms with E-state index in [0.29, 0.717) is 22.3 Å². The highest BCUT2D eigenvalue weighted by Crippen LogP contribution is 2.24. The topological polar surface area (TPSA) is 64.3 Å².